The molecular weight excluding hydrogens is 468 g/mol. The molecule has 0 atom stereocenters. The van der Waals surface area contributed by atoms with Crippen LogP contribution in [0.1, 0.15) is 24.7 Å². The summed E-state index contributed by atoms with van der Waals surface area (Å²) in [6, 6.07) is 11.5. The maximum absolute atomic E-state index is 12.8. The lowest BCUT2D eigenvalue weighted by Crippen LogP contribution is -2.41. The van der Waals surface area contributed by atoms with Crippen LogP contribution in [0, 0.1) is 6.92 Å². The molecule has 2 amide bonds. The summed E-state index contributed by atoms with van der Waals surface area (Å²) in [7, 11) is 1.58. The van der Waals surface area contributed by atoms with Crippen molar-refractivity contribution in [3.05, 3.63) is 59.1 Å². The zero-order valence-electron chi connectivity index (χ0n) is 20.3. The number of rotatable bonds is 7. The fourth-order valence-electron chi connectivity index (χ4n) is 4.11. The fourth-order valence-corrected chi connectivity index (χ4v) is 4.39. The van der Waals surface area contributed by atoms with Crippen LogP contribution < -0.4 is 19.7 Å². The van der Waals surface area contributed by atoms with E-state index in [2.05, 4.69) is 26.4 Å². The highest BCUT2D eigenvalue weighted by Gasteiger charge is 2.20. The Morgan fingerprint density at radius 3 is 2.69 bits per heavy atom. The van der Waals surface area contributed by atoms with Gasteiger partial charge in [-0.25, -0.2) is 14.5 Å². The van der Waals surface area contributed by atoms with E-state index in [-0.39, 0.29) is 6.03 Å². The first-order valence-corrected chi connectivity index (χ1v) is 12.1. The number of aryl methyl sites for hydroxylation is 1. The molecule has 1 fully saturated rings. The number of methoxy groups -OCH3 is 1. The minimum Gasteiger partial charge on any atom is -0.495 e. The Morgan fingerprint density at radius 2 is 1.97 bits per heavy atom. The number of ether oxygens (including phenoxy) is 2. The van der Waals surface area contributed by atoms with Gasteiger partial charge in [0, 0.05) is 44.5 Å². The van der Waals surface area contributed by atoms with E-state index in [1.54, 1.807) is 24.2 Å². The first-order valence-electron chi connectivity index (χ1n) is 11.7. The summed E-state index contributed by atoms with van der Waals surface area (Å²) in [5.41, 5.74) is 2.83. The Morgan fingerprint density at radius 1 is 1.11 bits per heavy atom. The maximum atomic E-state index is 12.8. The number of urea groups is 1. The maximum Gasteiger partial charge on any atom is 0.317 e. The molecule has 1 aromatic heterocycles. The van der Waals surface area contributed by atoms with Gasteiger partial charge in [0.15, 0.2) is 0 Å². The Balaban J connectivity index is 1.38. The van der Waals surface area contributed by atoms with Gasteiger partial charge >= 0.3 is 6.03 Å². The van der Waals surface area contributed by atoms with Crippen LogP contribution in [0.3, 0.4) is 0 Å². The van der Waals surface area contributed by atoms with Crippen molar-refractivity contribution in [1.82, 2.24) is 25.0 Å². The van der Waals surface area contributed by atoms with Gasteiger partial charge in [0.1, 0.15) is 29.3 Å². The van der Waals surface area contributed by atoms with Crippen molar-refractivity contribution < 1.29 is 14.3 Å². The number of hydrogen-bond acceptors (Lipinski definition) is 6. The highest BCUT2D eigenvalue weighted by atomic mass is 35.5. The van der Waals surface area contributed by atoms with E-state index < -0.39 is 0 Å². The average molecular weight is 499 g/mol. The fraction of sp³-hybridized carbons (Fsp3) is 0.400. The molecule has 0 radical (unpaired) electrons. The van der Waals surface area contributed by atoms with Crippen LogP contribution in [-0.2, 0) is 6.54 Å². The molecule has 1 aliphatic rings. The number of nitrogens with one attached hydrogen (secondary N) is 1. The van der Waals surface area contributed by atoms with E-state index >= 15 is 0 Å². The molecule has 2 heterocycles. The number of halogens is 1. The van der Waals surface area contributed by atoms with Crippen LogP contribution in [-0.4, -0.2) is 65.6 Å². The lowest BCUT2D eigenvalue weighted by molar-refractivity contribution is 0.201. The van der Waals surface area contributed by atoms with Crippen molar-refractivity contribution in [3.63, 3.8) is 0 Å². The lowest BCUT2D eigenvalue weighted by atomic mass is 10.2. The molecule has 0 saturated carbocycles. The molecule has 35 heavy (non-hydrogen) atoms. The molecule has 1 N–H and O–H groups in total. The molecule has 0 spiro atoms. The third-order valence-electron chi connectivity index (χ3n) is 5.90. The van der Waals surface area contributed by atoms with E-state index in [1.807, 2.05) is 43.0 Å². The van der Waals surface area contributed by atoms with Gasteiger partial charge in [-0.05, 0) is 50.1 Å². The smallest absolute Gasteiger partial charge is 0.317 e. The lowest BCUT2D eigenvalue weighted by Gasteiger charge is -2.25. The summed E-state index contributed by atoms with van der Waals surface area (Å²) < 4.78 is 12.8. The van der Waals surface area contributed by atoms with Crippen molar-refractivity contribution in [3.8, 4) is 17.2 Å². The molecule has 4 rings (SSSR count). The molecule has 0 bridgehead atoms. The van der Waals surface area contributed by atoms with Crippen molar-refractivity contribution in [1.29, 1.82) is 0 Å². The number of carbonyl (C=O) groups is 1. The SMILES string of the molecule is CCOc1cc(N2CCCN(C(=O)NCc3ccc(OC)c(Cl)c3)CC2)ccc1-n1cnc(C)n1. The molecular formula is C25H31ClN6O3. The monoisotopic (exact) mass is 498 g/mol. The third-order valence-corrected chi connectivity index (χ3v) is 6.20. The van der Waals surface area contributed by atoms with Crippen LogP contribution in [0.5, 0.6) is 11.5 Å². The zero-order valence-corrected chi connectivity index (χ0v) is 21.1. The molecule has 1 saturated heterocycles. The second kappa shape index (κ2) is 11.3. The van der Waals surface area contributed by atoms with E-state index in [0.29, 0.717) is 42.8 Å². The minimum atomic E-state index is -0.0781. The average Bonchev–Trinajstić information content (AvgIpc) is 3.13. The van der Waals surface area contributed by atoms with Gasteiger partial charge < -0.3 is 24.6 Å². The highest BCUT2D eigenvalue weighted by Crippen LogP contribution is 2.29. The van der Waals surface area contributed by atoms with Gasteiger partial charge in [-0.15, -0.1) is 0 Å². The third kappa shape index (κ3) is 5.97. The predicted molar refractivity (Wildman–Crippen MR) is 136 cm³/mol. The number of aromatic nitrogens is 3. The summed E-state index contributed by atoms with van der Waals surface area (Å²) in [5.74, 6) is 2.08. The summed E-state index contributed by atoms with van der Waals surface area (Å²) in [4.78, 5) is 21.2. The molecule has 10 heteroatoms. The number of benzene rings is 2. The first kappa shape index (κ1) is 24.7. The van der Waals surface area contributed by atoms with Gasteiger partial charge in [-0.2, -0.15) is 5.10 Å². The Labute approximate surface area is 210 Å². The second-order valence-corrected chi connectivity index (χ2v) is 8.68. The number of nitrogens with zero attached hydrogens (tertiary/aromatic N) is 5. The summed E-state index contributed by atoms with van der Waals surface area (Å²) in [6.07, 6.45) is 2.56. The van der Waals surface area contributed by atoms with Crippen LogP contribution in [0.15, 0.2) is 42.7 Å². The first-order chi connectivity index (χ1) is 17.0. The van der Waals surface area contributed by atoms with Gasteiger partial charge in [0.2, 0.25) is 0 Å². The van der Waals surface area contributed by atoms with Gasteiger partial charge in [-0.1, -0.05) is 17.7 Å². The van der Waals surface area contributed by atoms with E-state index in [9.17, 15) is 4.79 Å². The minimum absolute atomic E-state index is 0.0781. The number of hydrogen-bond donors (Lipinski definition) is 1. The van der Waals surface area contributed by atoms with Gasteiger partial charge in [-0.3, -0.25) is 0 Å². The number of carbonyl (C=O) groups excluding carboxylic acids is 1. The van der Waals surface area contributed by atoms with Crippen LogP contribution in [0.2, 0.25) is 5.02 Å². The molecule has 1 aliphatic heterocycles. The highest BCUT2D eigenvalue weighted by molar-refractivity contribution is 6.32. The van der Waals surface area contributed by atoms with E-state index in [1.165, 1.54) is 0 Å². The Kier molecular flexibility index (Phi) is 7.97. The quantitative estimate of drug-likeness (QED) is 0.529. The van der Waals surface area contributed by atoms with Crippen LogP contribution in [0.25, 0.3) is 5.69 Å². The molecule has 3 aromatic rings. The Hall–Kier alpha value is -3.46. The predicted octanol–water partition coefficient (Wildman–Crippen LogP) is 4.06. The van der Waals surface area contributed by atoms with Crippen LogP contribution >= 0.6 is 11.6 Å². The topological polar surface area (TPSA) is 84.8 Å². The zero-order chi connectivity index (χ0) is 24.8. The molecule has 2 aromatic carbocycles. The summed E-state index contributed by atoms with van der Waals surface area (Å²) >= 11 is 6.20. The van der Waals surface area contributed by atoms with Crippen molar-refractivity contribution in [2.45, 2.75) is 26.8 Å². The summed E-state index contributed by atoms with van der Waals surface area (Å²) in [6.45, 7) is 7.69. The normalized spacial score (nSPS) is 13.9. The molecule has 186 valence electrons. The summed E-state index contributed by atoms with van der Waals surface area (Å²) in [5, 5.41) is 7.94. The Bertz CT molecular complexity index is 1170. The number of anilines is 1. The van der Waals surface area contributed by atoms with Crippen molar-refractivity contribution >= 4 is 23.3 Å². The largest absolute Gasteiger partial charge is 0.495 e. The molecule has 0 unspecified atom stereocenters. The van der Waals surface area contributed by atoms with Crippen LogP contribution in [0.4, 0.5) is 10.5 Å². The molecule has 0 aliphatic carbocycles. The second-order valence-electron chi connectivity index (χ2n) is 8.28. The van der Waals surface area contributed by atoms with Gasteiger partial charge in [0.05, 0.1) is 18.7 Å². The van der Waals surface area contributed by atoms with E-state index in [0.717, 1.165) is 42.2 Å². The number of amides is 2. The van der Waals surface area contributed by atoms with Crippen molar-refractivity contribution in [2.24, 2.45) is 0 Å². The molecule has 9 nitrogen and oxygen atoms in total. The van der Waals surface area contributed by atoms with Gasteiger partial charge in [0.25, 0.3) is 0 Å². The standard InChI is InChI=1S/C25H31ClN6O3/c1-4-35-24-15-20(7-8-22(24)32-17-28-18(2)29-32)30-10-5-11-31(13-12-30)25(33)27-16-19-6-9-23(34-3)21(26)14-19/h6-9,14-15,17H,4-5,10-13,16H2,1-3H3,(H,27,33). The van der Waals surface area contributed by atoms with Crippen molar-refractivity contribution in [2.75, 3.05) is 44.8 Å². The van der Waals surface area contributed by atoms with E-state index in [4.69, 9.17) is 21.1 Å².